The van der Waals surface area contributed by atoms with Crippen LogP contribution in [0.25, 0.3) is 144 Å². The summed E-state index contributed by atoms with van der Waals surface area (Å²) in [6.07, 6.45) is 0. The van der Waals surface area contributed by atoms with Gasteiger partial charge < -0.3 is 18.9 Å². The molecule has 5 heteroatoms. The second-order valence-electron chi connectivity index (χ2n) is 28.3. The van der Waals surface area contributed by atoms with Gasteiger partial charge in [-0.2, -0.15) is 0 Å². The molecule has 0 bridgehead atoms. The highest BCUT2D eigenvalue weighted by atomic mass is 15.2. The number of hydrogen-bond donors (Lipinski definition) is 0. The number of aromatic nitrogens is 2. The van der Waals surface area contributed by atoms with Crippen molar-refractivity contribution in [3.8, 4) is 100 Å². The maximum atomic E-state index is 12.0. The molecule has 0 N–H and O–H groups in total. The Hall–Kier alpha value is -14.0. The SMILES string of the molecule is [2H]c1c([2H])c([2H])c(-c2c([2H])c([2H])c3c(c2[2H])c2c([2H])c([2H])c([2H])c([2H])c2n3-c2c([2H])c([2H])c3c(c2[2H])N(c2c(-c4ccccc4)cccc2-c2cccc(-c4ccccc4)c2)c2cc(C(C)(C)C)cc4c2B3c2c([2H])c([2H])c(-n3c5c([2H])c([2H])c([2H])c([2H])c5c5c([2H])c(-c6c([2H])c([2H])c([2H])c([2H])c6[2H])c([2H])c([2H])c53)c([2H])c2N4c2c(-c3ccccc3)cccc2-c2cccc(-c3ccccc3)c2)c([2H])c1[2H]. The fourth-order valence-electron chi connectivity index (χ4n) is 15.9. The molecule has 0 unspecified atom stereocenters. The molecule has 0 fully saturated rings. The van der Waals surface area contributed by atoms with E-state index in [1.54, 1.807) is 9.80 Å². The maximum Gasteiger partial charge on any atom is 0.252 e. The molecule has 2 aromatic heterocycles. The number of rotatable bonds is 12. The van der Waals surface area contributed by atoms with E-state index in [2.05, 4.69) is 0 Å². The smallest absolute Gasteiger partial charge is 0.252 e. The molecular weight excluding hydrogens is 1340 g/mol. The highest BCUT2D eigenvalue weighted by Crippen LogP contribution is 2.55. The zero-order valence-corrected chi connectivity index (χ0v) is 59.7. The van der Waals surface area contributed by atoms with E-state index in [1.807, 2.05) is 239 Å². The summed E-state index contributed by atoms with van der Waals surface area (Å²) in [6, 6.07) is 42.2. The molecule has 0 saturated carbocycles. The van der Waals surface area contributed by atoms with Gasteiger partial charge in [0.25, 0.3) is 6.71 Å². The number of nitrogens with zero attached hydrogens (tertiary/aromatic N) is 4. The molecule has 17 aromatic carbocycles. The average molecular weight is 1450 g/mol. The first kappa shape index (κ1) is 41.4. The fourth-order valence-corrected chi connectivity index (χ4v) is 15.9. The summed E-state index contributed by atoms with van der Waals surface area (Å²) in [6.45, 7) is 4.07. The van der Waals surface area contributed by atoms with Crippen LogP contribution in [-0.4, -0.2) is 15.8 Å². The Morgan fingerprint density at radius 2 is 0.613 bits per heavy atom. The van der Waals surface area contributed by atoms with Crippen molar-refractivity contribution in [2.75, 3.05) is 9.80 Å². The third kappa shape index (κ3) is 11.0. The van der Waals surface area contributed by atoms with Crippen molar-refractivity contribution in [2.24, 2.45) is 0 Å². The topological polar surface area (TPSA) is 16.3 Å². The average Bonchev–Trinajstić information content (AvgIpc) is 1.61. The largest absolute Gasteiger partial charge is 0.310 e. The van der Waals surface area contributed by atoms with Crippen molar-refractivity contribution in [1.29, 1.82) is 0 Å². The van der Waals surface area contributed by atoms with Crippen molar-refractivity contribution in [3.63, 3.8) is 0 Å². The van der Waals surface area contributed by atoms with Gasteiger partial charge in [-0.3, -0.25) is 0 Å². The van der Waals surface area contributed by atoms with Crippen molar-refractivity contribution < 1.29 is 41.1 Å². The number of para-hydroxylation sites is 4. The predicted octanol–water partition coefficient (Wildman–Crippen LogP) is 26.6. The van der Waals surface area contributed by atoms with Crippen LogP contribution >= 0.6 is 0 Å². The van der Waals surface area contributed by atoms with Crippen molar-refractivity contribution in [3.05, 3.63) is 405 Å². The molecule has 4 heterocycles. The summed E-state index contributed by atoms with van der Waals surface area (Å²) >= 11 is 0. The van der Waals surface area contributed by atoms with Crippen LogP contribution in [0, 0.1) is 0 Å². The van der Waals surface area contributed by atoms with Gasteiger partial charge in [0.05, 0.1) is 74.6 Å². The van der Waals surface area contributed by atoms with E-state index in [9.17, 15) is 32.9 Å². The van der Waals surface area contributed by atoms with Crippen molar-refractivity contribution in [1.82, 2.24) is 9.13 Å². The lowest BCUT2D eigenvalue weighted by atomic mass is 9.33. The van der Waals surface area contributed by atoms with Gasteiger partial charge in [-0.1, -0.05) is 336 Å². The van der Waals surface area contributed by atoms with Crippen LogP contribution in [0.2, 0.25) is 0 Å². The molecular formula is C106H75BN4. The van der Waals surface area contributed by atoms with Gasteiger partial charge in [-0.05, 0) is 179 Å². The van der Waals surface area contributed by atoms with Gasteiger partial charge >= 0.3 is 0 Å². The van der Waals surface area contributed by atoms with Gasteiger partial charge in [0.15, 0.2) is 0 Å². The molecule has 0 atom stereocenters. The number of benzene rings is 17. The molecule has 0 radical (unpaired) electrons. The highest BCUT2D eigenvalue weighted by molar-refractivity contribution is 7.00. The predicted molar refractivity (Wildman–Crippen MR) is 471 cm³/mol. The van der Waals surface area contributed by atoms with Gasteiger partial charge in [0.1, 0.15) is 0 Å². The molecule has 522 valence electrons. The van der Waals surface area contributed by atoms with Gasteiger partial charge in [-0.15, -0.1) is 0 Å². The van der Waals surface area contributed by atoms with Crippen molar-refractivity contribution in [2.45, 2.75) is 26.2 Å². The monoisotopic (exact) mass is 1440 g/mol. The molecule has 0 spiro atoms. The van der Waals surface area contributed by atoms with E-state index in [0.717, 1.165) is 31.4 Å². The van der Waals surface area contributed by atoms with Crippen LogP contribution in [0.1, 0.15) is 67.5 Å². The number of hydrogen-bond acceptors (Lipinski definition) is 2. The Morgan fingerprint density at radius 3 is 1.03 bits per heavy atom. The first-order chi connectivity index (χ1) is 67.2. The summed E-state index contributed by atoms with van der Waals surface area (Å²) in [4.78, 5) is 3.58. The Balaban J connectivity index is 0.998. The summed E-state index contributed by atoms with van der Waals surface area (Å²) < 4.78 is 301. The Morgan fingerprint density at radius 1 is 0.261 bits per heavy atom. The minimum absolute atomic E-state index is 0.186. The van der Waals surface area contributed by atoms with E-state index in [0.29, 0.717) is 50.1 Å². The molecule has 0 saturated heterocycles. The lowest BCUT2D eigenvalue weighted by molar-refractivity contribution is 0.590. The van der Waals surface area contributed by atoms with E-state index >= 15 is 0 Å². The van der Waals surface area contributed by atoms with Crippen LogP contribution in [0.5, 0.6) is 0 Å². The van der Waals surface area contributed by atoms with Gasteiger partial charge in [-0.25, -0.2) is 0 Å². The standard InChI is InChI=1S/C106H75BN4/c1-106(2,3)82-66-101-103-102(67-82)111(105-86(75-40-20-9-21-41-75)49-29-51-88(105)81-45-27-43-77(63-81)71-32-12-5-13-33-71)100-69-84(109-96-53-25-23-47-90(96)92-65-79(55-61-98(92)109)73-36-16-7-17-37-73)57-59-94(100)107(103)93-58-56-83(108-95-52-24-22-46-89(95)91-64-78(54-60-97(91)108)72-34-14-6-15-35-72)68-99(93)110(101)104-85(74-38-18-8-19-39-74)48-28-50-87(104)80-44-26-42-76(62-80)70-30-10-4-11-31-70/h4-69H,1-3H3/i6D,7D,14D,15D,16D,17D,22D,23D,24D,25D,34D,35D,36D,37D,46D,47D,52D,53D,54D,55D,56D,57D,58D,59D,60D,61D,64D,65D,68D,69D. The third-order valence-corrected chi connectivity index (χ3v) is 20.9. The maximum absolute atomic E-state index is 12.0. The second-order valence-corrected chi connectivity index (χ2v) is 28.3. The van der Waals surface area contributed by atoms with Crippen LogP contribution in [0.4, 0.5) is 34.1 Å². The van der Waals surface area contributed by atoms with Gasteiger partial charge in [0, 0.05) is 77.9 Å². The summed E-state index contributed by atoms with van der Waals surface area (Å²) in [5.74, 6) is 0. The van der Waals surface area contributed by atoms with Crippen LogP contribution in [0.3, 0.4) is 0 Å². The van der Waals surface area contributed by atoms with E-state index < -0.39 is 271 Å². The zero-order chi connectivity index (χ0) is 99.9. The molecule has 2 aliphatic rings. The zero-order valence-electron chi connectivity index (χ0n) is 89.7. The van der Waals surface area contributed by atoms with Crippen molar-refractivity contribution >= 4 is 101 Å². The quantitative estimate of drug-likeness (QED) is 0.113. The molecule has 0 aliphatic carbocycles. The molecule has 21 rings (SSSR count). The molecule has 2 aliphatic heterocycles. The fraction of sp³-hybridized carbons (Fsp3) is 0.0377. The number of anilines is 6. The third-order valence-electron chi connectivity index (χ3n) is 20.9. The normalized spacial score (nSPS) is 16.2. The summed E-state index contributed by atoms with van der Waals surface area (Å²) in [7, 11) is 0. The lowest BCUT2D eigenvalue weighted by Crippen LogP contribution is -2.61. The molecule has 4 nitrogen and oxygen atoms in total. The molecule has 0 amide bonds. The van der Waals surface area contributed by atoms with E-state index in [-0.39, 0.29) is 50.5 Å². The Labute approximate surface area is 690 Å². The van der Waals surface area contributed by atoms with E-state index in [4.69, 9.17) is 8.22 Å². The van der Waals surface area contributed by atoms with E-state index in [1.165, 1.54) is 0 Å². The lowest BCUT2D eigenvalue weighted by Gasteiger charge is -2.46. The molecule has 19 aromatic rings. The molecule has 111 heavy (non-hydrogen) atoms. The van der Waals surface area contributed by atoms with Gasteiger partial charge in [0.2, 0.25) is 0 Å². The minimum Gasteiger partial charge on any atom is -0.310 e. The minimum atomic E-state index is -1.81. The summed E-state index contributed by atoms with van der Waals surface area (Å²) in [5, 5.41) is -2.16. The van der Waals surface area contributed by atoms with Crippen LogP contribution in [0.15, 0.2) is 400 Å². The highest BCUT2D eigenvalue weighted by Gasteiger charge is 2.46. The Kier molecular flexibility index (Phi) is 9.86. The Bertz CT molecular complexity index is 8240. The second kappa shape index (κ2) is 26.4. The van der Waals surface area contributed by atoms with Crippen LogP contribution in [-0.2, 0) is 5.41 Å². The first-order valence-corrected chi connectivity index (χ1v) is 36.2. The summed E-state index contributed by atoms with van der Waals surface area (Å²) in [5.41, 5.74) is 0.245. The first-order valence-electron chi connectivity index (χ1n) is 51.2. The number of fused-ring (bicyclic) bond motifs is 10. The van der Waals surface area contributed by atoms with Crippen LogP contribution < -0.4 is 26.2 Å².